The number of carboxylic acids is 1. The number of carbonyl (C=O) groups is 2. The molecule has 11 heteroatoms. The number of aliphatic carboxylic acids is 1. The molecule has 1 saturated heterocycles. The second-order valence-electron chi connectivity index (χ2n) is 11.1. The van der Waals surface area contributed by atoms with Crippen LogP contribution in [-0.2, 0) is 28.9 Å². The van der Waals surface area contributed by atoms with Crippen molar-refractivity contribution in [3.05, 3.63) is 59.7 Å². The Kier molecular flexibility index (Phi) is 8.67. The number of piperidine rings is 1. The van der Waals surface area contributed by atoms with E-state index in [0.29, 0.717) is 31.9 Å². The topological polar surface area (TPSA) is 125 Å². The molecule has 3 aromatic rings. The van der Waals surface area contributed by atoms with Gasteiger partial charge in [-0.15, -0.1) is 0 Å². The Morgan fingerprint density at radius 2 is 1.69 bits per heavy atom. The molecule has 0 atom stereocenters. The van der Waals surface area contributed by atoms with Gasteiger partial charge in [0.15, 0.2) is 0 Å². The third-order valence-electron chi connectivity index (χ3n) is 6.96. The van der Waals surface area contributed by atoms with Crippen LogP contribution in [0.1, 0.15) is 56.4 Å². The number of carboxylic acid groups (broad SMARTS) is 1. The zero-order chi connectivity index (χ0) is 26.9. The van der Waals surface area contributed by atoms with Gasteiger partial charge < -0.3 is 24.9 Å². The summed E-state index contributed by atoms with van der Waals surface area (Å²) in [4.78, 5) is 34.6. The minimum Gasteiger partial charge on any atom is -0.548 e. The second kappa shape index (κ2) is 11.8. The number of fused-ring (bicyclic) bond motifs is 1. The van der Waals surface area contributed by atoms with Gasteiger partial charge in [-0.3, -0.25) is 4.68 Å². The number of benzene rings is 1. The third-order valence-corrected chi connectivity index (χ3v) is 6.96. The molecular formula is C28H33LiN6O4. The average molecular weight is 525 g/mol. The van der Waals surface area contributed by atoms with Gasteiger partial charge in [-0.25, -0.2) is 14.8 Å². The molecule has 2 aliphatic rings. The van der Waals surface area contributed by atoms with E-state index in [9.17, 15) is 14.7 Å². The number of anilines is 1. The number of carbonyl (C=O) groups excluding carboxylic acids is 2. The number of amides is 1. The van der Waals surface area contributed by atoms with Gasteiger partial charge in [0.1, 0.15) is 5.60 Å². The molecule has 1 aliphatic heterocycles. The van der Waals surface area contributed by atoms with Crippen LogP contribution in [0.25, 0.3) is 11.1 Å². The third kappa shape index (κ3) is 7.00. The van der Waals surface area contributed by atoms with E-state index in [-0.39, 0.29) is 43.5 Å². The Balaban J connectivity index is 0.00000353. The minimum absolute atomic E-state index is 0. The second-order valence-corrected chi connectivity index (χ2v) is 11.1. The summed E-state index contributed by atoms with van der Waals surface area (Å²) in [5, 5.41) is 19.3. The Hall–Kier alpha value is -3.35. The fourth-order valence-corrected chi connectivity index (χ4v) is 5.22. The maximum absolute atomic E-state index is 12.5. The fraction of sp³-hybridized carbons (Fsp3) is 0.464. The molecule has 0 radical (unpaired) electrons. The van der Waals surface area contributed by atoms with Crippen LogP contribution in [0.15, 0.2) is 42.9 Å². The zero-order valence-electron chi connectivity index (χ0n) is 23.0. The van der Waals surface area contributed by atoms with Crippen molar-refractivity contribution >= 4 is 18.0 Å². The van der Waals surface area contributed by atoms with E-state index in [1.165, 1.54) is 15.8 Å². The summed E-state index contributed by atoms with van der Waals surface area (Å²) in [6.07, 6.45) is 8.14. The van der Waals surface area contributed by atoms with E-state index in [0.717, 1.165) is 29.7 Å². The zero-order valence-corrected chi connectivity index (χ0v) is 23.0. The van der Waals surface area contributed by atoms with Gasteiger partial charge in [-0.05, 0) is 57.6 Å². The summed E-state index contributed by atoms with van der Waals surface area (Å²) in [7, 11) is 0. The molecule has 0 unspecified atom stereocenters. The standard InChI is InChI=1S/C28H34N6O4.Li/c1-28(2,3)38-27(37)33-10-8-18(9-11-33)25-23(16-34(32-25)17-24(35)36)21-14-29-26(30-15-21)31-22-12-19-6-4-5-7-20(19)13-22;/h4-7,14-16,18,22H,8-13,17H2,1-3H3,(H,35,36)(H,29,30,31);/q;+1/p-1. The molecule has 200 valence electrons. The molecule has 10 nitrogen and oxygen atoms in total. The number of hydrogen-bond acceptors (Lipinski definition) is 8. The molecule has 1 aliphatic carbocycles. The van der Waals surface area contributed by atoms with Crippen molar-refractivity contribution in [2.24, 2.45) is 0 Å². The first-order chi connectivity index (χ1) is 18.1. The van der Waals surface area contributed by atoms with E-state index in [4.69, 9.17) is 4.74 Å². The van der Waals surface area contributed by atoms with Crippen molar-refractivity contribution in [2.75, 3.05) is 18.4 Å². The Bertz CT molecular complexity index is 1290. The minimum atomic E-state index is -1.21. The van der Waals surface area contributed by atoms with Crippen molar-refractivity contribution in [3.8, 4) is 11.1 Å². The molecule has 3 heterocycles. The first-order valence-corrected chi connectivity index (χ1v) is 13.1. The van der Waals surface area contributed by atoms with E-state index in [1.54, 1.807) is 23.5 Å². The van der Waals surface area contributed by atoms with Gasteiger partial charge in [-0.2, -0.15) is 5.10 Å². The Morgan fingerprint density at radius 3 is 2.26 bits per heavy atom. The van der Waals surface area contributed by atoms with Crippen LogP contribution in [0.4, 0.5) is 10.7 Å². The molecular weight excluding hydrogens is 491 g/mol. The van der Waals surface area contributed by atoms with Gasteiger partial charge in [0.25, 0.3) is 0 Å². The predicted octanol–water partition coefficient (Wildman–Crippen LogP) is -0.212. The Morgan fingerprint density at radius 1 is 1.08 bits per heavy atom. The molecule has 1 fully saturated rings. The van der Waals surface area contributed by atoms with Crippen LogP contribution in [-0.4, -0.2) is 61.4 Å². The van der Waals surface area contributed by atoms with Gasteiger partial charge in [0.05, 0.1) is 18.2 Å². The van der Waals surface area contributed by atoms with Crippen LogP contribution in [0.2, 0.25) is 0 Å². The van der Waals surface area contributed by atoms with Crippen molar-refractivity contribution < 1.29 is 38.3 Å². The van der Waals surface area contributed by atoms with Gasteiger partial charge in [0, 0.05) is 54.8 Å². The molecule has 1 aromatic carbocycles. The number of nitrogens with zero attached hydrogens (tertiary/aromatic N) is 5. The van der Waals surface area contributed by atoms with Crippen LogP contribution in [0.5, 0.6) is 0 Å². The van der Waals surface area contributed by atoms with Gasteiger partial charge in [0.2, 0.25) is 5.95 Å². The van der Waals surface area contributed by atoms with Crippen molar-refractivity contribution in [2.45, 2.75) is 70.6 Å². The van der Waals surface area contributed by atoms with Crippen LogP contribution < -0.4 is 29.3 Å². The maximum Gasteiger partial charge on any atom is 1.00 e. The molecule has 39 heavy (non-hydrogen) atoms. The van der Waals surface area contributed by atoms with Crippen LogP contribution in [0.3, 0.4) is 0 Å². The number of ether oxygens (including phenoxy) is 1. The van der Waals surface area contributed by atoms with Crippen molar-refractivity contribution in [3.63, 3.8) is 0 Å². The molecule has 0 bridgehead atoms. The summed E-state index contributed by atoms with van der Waals surface area (Å²) < 4.78 is 6.90. The largest absolute Gasteiger partial charge is 1.00 e. The Labute approximate surface area is 240 Å². The number of likely N-dealkylation sites (tertiary alicyclic amines) is 1. The molecule has 1 N–H and O–H groups in total. The molecule has 1 amide bonds. The van der Waals surface area contributed by atoms with Crippen molar-refractivity contribution in [1.82, 2.24) is 24.6 Å². The van der Waals surface area contributed by atoms with E-state index < -0.39 is 11.6 Å². The summed E-state index contributed by atoms with van der Waals surface area (Å²) in [5.41, 5.74) is 4.49. The molecule has 0 saturated carbocycles. The fourth-order valence-electron chi connectivity index (χ4n) is 5.22. The normalized spacial score (nSPS) is 15.9. The van der Waals surface area contributed by atoms with E-state index >= 15 is 0 Å². The van der Waals surface area contributed by atoms with Gasteiger partial charge >= 0.3 is 25.0 Å². The summed E-state index contributed by atoms with van der Waals surface area (Å²) in [6.45, 7) is 6.29. The summed E-state index contributed by atoms with van der Waals surface area (Å²) >= 11 is 0. The SMILES string of the molecule is CC(C)(C)OC(=O)N1CCC(c2nn(CC(=O)[O-])cc2-c2cnc(NC3Cc4ccccc4C3)nc2)CC1.[Li+]. The number of aromatic nitrogens is 4. The van der Waals surface area contributed by atoms with E-state index in [2.05, 4.69) is 44.6 Å². The van der Waals surface area contributed by atoms with Gasteiger partial charge in [-0.1, -0.05) is 24.3 Å². The molecule has 5 rings (SSSR count). The van der Waals surface area contributed by atoms with E-state index in [1.807, 2.05) is 20.8 Å². The number of hydrogen-bond donors (Lipinski definition) is 1. The molecule has 2 aromatic heterocycles. The summed E-state index contributed by atoms with van der Waals surface area (Å²) in [6, 6.07) is 8.68. The average Bonchev–Trinajstić information content (AvgIpc) is 3.47. The number of rotatable bonds is 6. The van der Waals surface area contributed by atoms with Crippen molar-refractivity contribution in [1.29, 1.82) is 0 Å². The maximum atomic E-state index is 12.5. The first kappa shape index (κ1) is 28.7. The quantitative estimate of drug-likeness (QED) is 0.439. The number of nitrogens with one attached hydrogen (secondary N) is 1. The predicted molar refractivity (Wildman–Crippen MR) is 139 cm³/mol. The van der Waals surface area contributed by atoms with Crippen LogP contribution >= 0.6 is 0 Å². The summed E-state index contributed by atoms with van der Waals surface area (Å²) in [5.74, 6) is -0.596. The smallest absolute Gasteiger partial charge is 0.548 e. The monoisotopic (exact) mass is 524 g/mol. The molecule has 0 spiro atoms. The van der Waals surface area contributed by atoms with Crippen LogP contribution in [0, 0.1) is 0 Å². The first-order valence-electron chi connectivity index (χ1n) is 13.1.